The Balaban J connectivity index is 0.00000261. The van der Waals surface area contributed by atoms with E-state index in [1.807, 2.05) is 57.4 Å². The largest absolute Gasteiger partial charge is 0.347 e. The summed E-state index contributed by atoms with van der Waals surface area (Å²) in [6.45, 7) is 3.97. The van der Waals surface area contributed by atoms with Crippen LogP contribution in [0.3, 0.4) is 0 Å². The fraction of sp³-hybridized carbons (Fsp3) is 0.316. The molecule has 0 aliphatic rings. The maximum atomic E-state index is 12.7. The van der Waals surface area contributed by atoms with Gasteiger partial charge < -0.3 is 10.6 Å². The Labute approximate surface area is 169 Å². The molecular weight excluding hydrogens is 382 g/mol. The van der Waals surface area contributed by atoms with Crippen LogP contribution in [0.2, 0.25) is 0 Å². The second kappa shape index (κ2) is 9.12. The van der Waals surface area contributed by atoms with Crippen molar-refractivity contribution < 1.29 is 4.79 Å². The van der Waals surface area contributed by atoms with Crippen molar-refractivity contribution in [2.75, 3.05) is 7.05 Å². The van der Waals surface area contributed by atoms with Gasteiger partial charge in [-0.2, -0.15) is 5.10 Å². The minimum atomic E-state index is -0.437. The minimum Gasteiger partial charge on any atom is -0.347 e. The summed E-state index contributed by atoms with van der Waals surface area (Å²) in [7, 11) is 3.61. The molecular formula is C19H24ClN5OS. The summed E-state index contributed by atoms with van der Waals surface area (Å²) in [5.41, 5.74) is 2.88. The molecule has 0 fully saturated rings. The second-order valence-electron chi connectivity index (χ2n) is 6.23. The molecule has 0 spiro atoms. The molecule has 0 aliphatic carbocycles. The number of benzene rings is 1. The average molecular weight is 406 g/mol. The zero-order valence-corrected chi connectivity index (χ0v) is 17.4. The number of nitrogens with zero attached hydrogens (tertiary/aromatic N) is 3. The molecule has 0 aliphatic heterocycles. The van der Waals surface area contributed by atoms with Crippen LogP contribution in [-0.4, -0.2) is 27.7 Å². The van der Waals surface area contributed by atoms with Crippen molar-refractivity contribution in [3.8, 4) is 10.6 Å². The SMILES string of the molecule is CNC(C(=O)NC(C)c1sc(-c2ccccc2)nc1C)c1cnn(C)c1.Cl. The molecule has 0 radical (unpaired) electrons. The highest BCUT2D eigenvalue weighted by Gasteiger charge is 2.24. The maximum Gasteiger partial charge on any atom is 0.242 e. The third-order valence-electron chi connectivity index (χ3n) is 4.21. The van der Waals surface area contributed by atoms with Crippen LogP contribution < -0.4 is 10.6 Å². The number of carbonyl (C=O) groups excluding carboxylic acids is 1. The summed E-state index contributed by atoms with van der Waals surface area (Å²) in [6.07, 6.45) is 3.55. The number of likely N-dealkylation sites (N-methyl/N-ethyl adjacent to an activating group) is 1. The minimum absolute atomic E-state index is 0. The van der Waals surface area contributed by atoms with Crippen molar-refractivity contribution in [1.29, 1.82) is 0 Å². The quantitative estimate of drug-likeness (QED) is 0.659. The molecule has 2 unspecified atom stereocenters. The molecule has 0 bridgehead atoms. The topological polar surface area (TPSA) is 71.8 Å². The third-order valence-corrected chi connectivity index (χ3v) is 5.60. The summed E-state index contributed by atoms with van der Waals surface area (Å²) in [5, 5.41) is 11.3. The van der Waals surface area contributed by atoms with Crippen LogP contribution in [0.1, 0.15) is 35.1 Å². The van der Waals surface area contributed by atoms with Gasteiger partial charge in [0.25, 0.3) is 0 Å². The number of hydrogen-bond donors (Lipinski definition) is 2. The fourth-order valence-corrected chi connectivity index (χ4v) is 3.99. The van der Waals surface area contributed by atoms with Gasteiger partial charge in [0.05, 0.1) is 22.8 Å². The lowest BCUT2D eigenvalue weighted by Crippen LogP contribution is -2.37. The van der Waals surface area contributed by atoms with Crippen molar-refractivity contribution in [3.05, 3.63) is 58.9 Å². The Morgan fingerprint density at radius 1 is 1.26 bits per heavy atom. The van der Waals surface area contributed by atoms with Gasteiger partial charge in [0.1, 0.15) is 11.0 Å². The van der Waals surface area contributed by atoms with Crippen molar-refractivity contribution in [2.45, 2.75) is 25.9 Å². The second-order valence-corrected chi connectivity index (χ2v) is 7.26. The van der Waals surface area contributed by atoms with Crippen LogP contribution in [0.25, 0.3) is 10.6 Å². The van der Waals surface area contributed by atoms with Crippen LogP contribution in [0.4, 0.5) is 0 Å². The molecule has 3 rings (SSSR count). The van der Waals surface area contributed by atoms with E-state index in [0.29, 0.717) is 0 Å². The number of nitrogens with one attached hydrogen (secondary N) is 2. The Kier molecular flexibility index (Phi) is 7.12. The first-order valence-corrected chi connectivity index (χ1v) is 9.30. The van der Waals surface area contributed by atoms with E-state index >= 15 is 0 Å². The zero-order valence-electron chi connectivity index (χ0n) is 15.8. The first-order valence-electron chi connectivity index (χ1n) is 8.48. The summed E-state index contributed by atoms with van der Waals surface area (Å²) in [5.74, 6) is -0.0814. The number of amides is 1. The Morgan fingerprint density at radius 3 is 2.56 bits per heavy atom. The Hall–Kier alpha value is -2.22. The molecule has 2 atom stereocenters. The van der Waals surface area contributed by atoms with Crippen LogP contribution in [0.5, 0.6) is 0 Å². The van der Waals surface area contributed by atoms with Gasteiger partial charge in [0.15, 0.2) is 0 Å². The summed E-state index contributed by atoms with van der Waals surface area (Å²) in [4.78, 5) is 18.5. The molecule has 1 aromatic carbocycles. The van der Waals surface area contributed by atoms with E-state index in [9.17, 15) is 4.79 Å². The van der Waals surface area contributed by atoms with E-state index < -0.39 is 6.04 Å². The van der Waals surface area contributed by atoms with Crippen molar-refractivity contribution in [3.63, 3.8) is 0 Å². The number of rotatable bonds is 6. The molecule has 3 aromatic rings. The lowest BCUT2D eigenvalue weighted by Gasteiger charge is -2.18. The van der Waals surface area contributed by atoms with Gasteiger partial charge >= 0.3 is 0 Å². The number of aromatic nitrogens is 3. The Bertz CT molecular complexity index is 893. The number of aryl methyl sites for hydroxylation is 2. The highest BCUT2D eigenvalue weighted by atomic mass is 35.5. The highest BCUT2D eigenvalue weighted by molar-refractivity contribution is 7.15. The van der Waals surface area contributed by atoms with Crippen LogP contribution >= 0.6 is 23.7 Å². The van der Waals surface area contributed by atoms with E-state index in [4.69, 9.17) is 0 Å². The van der Waals surface area contributed by atoms with Crippen molar-refractivity contribution in [1.82, 2.24) is 25.4 Å². The molecule has 0 saturated carbocycles. The third kappa shape index (κ3) is 4.74. The van der Waals surface area contributed by atoms with E-state index in [2.05, 4.69) is 20.7 Å². The number of hydrogen-bond acceptors (Lipinski definition) is 5. The van der Waals surface area contributed by atoms with Crippen LogP contribution in [-0.2, 0) is 11.8 Å². The smallest absolute Gasteiger partial charge is 0.242 e. The predicted molar refractivity (Wildman–Crippen MR) is 111 cm³/mol. The summed E-state index contributed by atoms with van der Waals surface area (Å²) < 4.78 is 1.69. The molecule has 2 aromatic heterocycles. The number of thiazole rings is 1. The number of carbonyl (C=O) groups is 1. The van der Waals surface area contributed by atoms with Gasteiger partial charge in [-0.3, -0.25) is 9.48 Å². The molecule has 2 heterocycles. The molecule has 1 amide bonds. The normalized spacial score (nSPS) is 12.9. The van der Waals surface area contributed by atoms with Crippen molar-refractivity contribution in [2.24, 2.45) is 7.05 Å². The van der Waals surface area contributed by atoms with Crippen LogP contribution in [0, 0.1) is 6.92 Å². The Morgan fingerprint density at radius 2 is 1.96 bits per heavy atom. The van der Waals surface area contributed by atoms with E-state index in [1.165, 1.54) is 0 Å². The molecule has 0 saturated heterocycles. The molecule has 144 valence electrons. The average Bonchev–Trinajstić information content (AvgIpc) is 3.22. The molecule has 2 N–H and O–H groups in total. The maximum absolute atomic E-state index is 12.7. The molecule has 8 heteroatoms. The van der Waals surface area contributed by atoms with E-state index in [0.717, 1.165) is 26.7 Å². The van der Waals surface area contributed by atoms with Gasteiger partial charge in [-0.25, -0.2) is 4.98 Å². The standard InChI is InChI=1S/C19H23N5OS.ClH/c1-12(22-18(25)16(20-3)15-10-21-24(4)11-15)17-13(2)23-19(26-17)14-8-6-5-7-9-14;/h5-12,16,20H,1-4H3,(H,22,25);1H. The first kappa shape index (κ1) is 21.1. The molecule has 27 heavy (non-hydrogen) atoms. The zero-order chi connectivity index (χ0) is 18.7. The first-order chi connectivity index (χ1) is 12.5. The van der Waals surface area contributed by atoms with Gasteiger partial charge in [-0.1, -0.05) is 30.3 Å². The predicted octanol–water partition coefficient (Wildman–Crippen LogP) is 3.41. The number of halogens is 1. The lowest BCUT2D eigenvalue weighted by atomic mass is 10.1. The fourth-order valence-electron chi connectivity index (χ4n) is 2.91. The summed E-state index contributed by atoms with van der Waals surface area (Å²) >= 11 is 1.62. The molecule has 6 nitrogen and oxygen atoms in total. The summed E-state index contributed by atoms with van der Waals surface area (Å²) in [6, 6.07) is 9.53. The van der Waals surface area contributed by atoms with Gasteiger partial charge in [-0.15, -0.1) is 23.7 Å². The highest BCUT2D eigenvalue weighted by Crippen LogP contribution is 2.31. The van der Waals surface area contributed by atoms with Gasteiger partial charge in [-0.05, 0) is 20.9 Å². The van der Waals surface area contributed by atoms with Crippen molar-refractivity contribution >= 4 is 29.7 Å². The van der Waals surface area contributed by atoms with E-state index in [-0.39, 0.29) is 24.4 Å². The monoisotopic (exact) mass is 405 g/mol. The lowest BCUT2D eigenvalue weighted by molar-refractivity contribution is -0.123. The van der Waals surface area contributed by atoms with Gasteiger partial charge in [0.2, 0.25) is 5.91 Å². The van der Waals surface area contributed by atoms with E-state index in [1.54, 1.807) is 29.3 Å². The van der Waals surface area contributed by atoms with Gasteiger partial charge in [0, 0.05) is 24.4 Å². The van der Waals surface area contributed by atoms with Crippen LogP contribution in [0.15, 0.2) is 42.7 Å².